The van der Waals surface area contributed by atoms with Crippen molar-refractivity contribution in [2.45, 2.75) is 22.8 Å². The van der Waals surface area contributed by atoms with E-state index in [9.17, 15) is 0 Å². The summed E-state index contributed by atoms with van der Waals surface area (Å²) in [6.45, 7) is 3.64. The highest BCUT2D eigenvalue weighted by molar-refractivity contribution is 8.00. The molecule has 4 heteroatoms. The van der Waals surface area contributed by atoms with Gasteiger partial charge in [-0.3, -0.25) is 4.90 Å². The van der Waals surface area contributed by atoms with Crippen molar-refractivity contribution in [3.63, 3.8) is 0 Å². The van der Waals surface area contributed by atoms with Crippen LogP contribution in [0, 0.1) is 0 Å². The lowest BCUT2D eigenvalue weighted by Crippen LogP contribution is -2.44. The molecule has 0 amide bonds. The van der Waals surface area contributed by atoms with Crippen molar-refractivity contribution in [3.05, 3.63) is 88.9 Å². The Kier molecular flexibility index (Phi) is 5.17. The van der Waals surface area contributed by atoms with Gasteiger partial charge in [0.2, 0.25) is 0 Å². The molecule has 0 unspecified atom stereocenters. The Balaban J connectivity index is 1.44. The number of nitrogens with zero attached hydrogens (tertiary/aromatic N) is 1. The highest BCUT2D eigenvalue weighted by atomic mass is 35.5. The summed E-state index contributed by atoms with van der Waals surface area (Å²) in [4.78, 5) is 3.69. The zero-order valence-corrected chi connectivity index (χ0v) is 17.1. The summed E-state index contributed by atoms with van der Waals surface area (Å²) in [6.07, 6.45) is 0.146. The van der Waals surface area contributed by atoms with E-state index in [4.69, 9.17) is 16.3 Å². The summed E-state index contributed by atoms with van der Waals surface area (Å²) in [5.74, 6) is 0. The van der Waals surface area contributed by atoms with E-state index in [1.165, 1.54) is 27.1 Å². The molecule has 0 bridgehead atoms. The Hall–Kier alpha value is -1.78. The average Bonchev–Trinajstić information content (AvgIpc) is 2.74. The van der Waals surface area contributed by atoms with Crippen molar-refractivity contribution in [3.8, 4) is 11.1 Å². The zero-order chi connectivity index (χ0) is 18.9. The molecule has 5 rings (SSSR count). The van der Waals surface area contributed by atoms with Gasteiger partial charge in [-0.15, -0.1) is 11.8 Å². The number of halogens is 1. The van der Waals surface area contributed by atoms with Gasteiger partial charge < -0.3 is 4.74 Å². The quantitative estimate of drug-likeness (QED) is 0.524. The molecule has 0 N–H and O–H groups in total. The fourth-order valence-corrected chi connectivity index (χ4v) is 5.89. The van der Waals surface area contributed by atoms with Crippen LogP contribution in [0.4, 0.5) is 0 Å². The van der Waals surface area contributed by atoms with Crippen LogP contribution in [0.2, 0.25) is 5.02 Å². The van der Waals surface area contributed by atoms with Crippen LogP contribution < -0.4 is 0 Å². The smallest absolute Gasteiger partial charge is 0.0865 e. The number of hydrogen-bond donors (Lipinski definition) is 0. The third-order valence-corrected chi connectivity index (χ3v) is 7.45. The number of fused-ring (bicyclic) bond motifs is 3. The second-order valence-electron chi connectivity index (χ2n) is 7.37. The van der Waals surface area contributed by atoms with Crippen LogP contribution in [0.3, 0.4) is 0 Å². The minimum Gasteiger partial charge on any atom is -0.374 e. The third-order valence-electron chi connectivity index (χ3n) is 5.53. The topological polar surface area (TPSA) is 12.5 Å². The summed E-state index contributed by atoms with van der Waals surface area (Å²) in [5, 5.41) is 1.08. The standard InChI is InChI=1S/C24H22ClNOS/c25-21-12-6-11-19-18-9-4-5-10-20(18)24(28-23(19)21)22-16-26(13-14-27-22)15-17-7-2-1-3-8-17/h1-12,22,24H,13-16H2/t22-,24-/m1/s1. The van der Waals surface area contributed by atoms with Crippen LogP contribution >= 0.6 is 23.4 Å². The van der Waals surface area contributed by atoms with E-state index in [1.807, 2.05) is 23.9 Å². The summed E-state index contributed by atoms with van der Waals surface area (Å²) >= 11 is 8.43. The molecule has 1 fully saturated rings. The van der Waals surface area contributed by atoms with Gasteiger partial charge in [0.1, 0.15) is 0 Å². The molecule has 2 nitrogen and oxygen atoms in total. The molecule has 3 aromatic rings. The highest BCUT2D eigenvalue weighted by Gasteiger charge is 2.35. The minimum atomic E-state index is 0.146. The highest BCUT2D eigenvalue weighted by Crippen LogP contribution is 2.53. The maximum absolute atomic E-state index is 6.58. The molecular weight excluding hydrogens is 386 g/mol. The summed E-state index contributed by atoms with van der Waals surface area (Å²) in [6, 6.07) is 25.6. The first kappa shape index (κ1) is 18.3. The zero-order valence-electron chi connectivity index (χ0n) is 15.6. The Bertz CT molecular complexity index is 977. The van der Waals surface area contributed by atoms with Gasteiger partial charge in [0.25, 0.3) is 0 Å². The average molecular weight is 408 g/mol. The molecule has 142 valence electrons. The second kappa shape index (κ2) is 7.92. The molecule has 2 aliphatic rings. The van der Waals surface area contributed by atoms with Crippen LogP contribution in [0.1, 0.15) is 16.4 Å². The van der Waals surface area contributed by atoms with Gasteiger partial charge in [-0.2, -0.15) is 0 Å². The molecule has 0 saturated carbocycles. The van der Waals surface area contributed by atoms with E-state index in [-0.39, 0.29) is 11.4 Å². The van der Waals surface area contributed by atoms with E-state index in [2.05, 4.69) is 65.6 Å². The van der Waals surface area contributed by atoms with E-state index in [0.717, 1.165) is 31.3 Å². The largest absolute Gasteiger partial charge is 0.374 e. The van der Waals surface area contributed by atoms with Gasteiger partial charge in [0, 0.05) is 24.5 Å². The number of hydrogen-bond acceptors (Lipinski definition) is 3. The molecule has 0 aromatic heterocycles. The van der Waals surface area contributed by atoms with Crippen molar-refractivity contribution >= 4 is 23.4 Å². The lowest BCUT2D eigenvalue weighted by Gasteiger charge is -2.39. The molecule has 28 heavy (non-hydrogen) atoms. The predicted octanol–water partition coefficient (Wildman–Crippen LogP) is 6.05. The van der Waals surface area contributed by atoms with E-state index in [0.29, 0.717) is 0 Å². The van der Waals surface area contributed by atoms with Gasteiger partial charge in [-0.25, -0.2) is 0 Å². The van der Waals surface area contributed by atoms with Gasteiger partial charge in [0.15, 0.2) is 0 Å². The fourth-order valence-electron chi connectivity index (χ4n) is 4.20. The van der Waals surface area contributed by atoms with Gasteiger partial charge in [0.05, 0.1) is 23.0 Å². The monoisotopic (exact) mass is 407 g/mol. The fraction of sp³-hybridized carbons (Fsp3) is 0.250. The van der Waals surface area contributed by atoms with Crippen molar-refractivity contribution < 1.29 is 4.74 Å². The Morgan fingerprint density at radius 2 is 1.71 bits per heavy atom. The number of benzene rings is 3. The number of rotatable bonds is 3. The lowest BCUT2D eigenvalue weighted by molar-refractivity contribution is -0.0319. The van der Waals surface area contributed by atoms with Gasteiger partial charge >= 0.3 is 0 Å². The van der Waals surface area contributed by atoms with Crippen LogP contribution in [0.5, 0.6) is 0 Å². The Morgan fingerprint density at radius 1 is 0.929 bits per heavy atom. The van der Waals surface area contributed by atoms with Crippen LogP contribution in [-0.4, -0.2) is 30.7 Å². The number of morpholine rings is 1. The van der Waals surface area contributed by atoms with Crippen molar-refractivity contribution in [2.24, 2.45) is 0 Å². The minimum absolute atomic E-state index is 0.146. The SMILES string of the molecule is Clc1cccc2c1S[C@@H]([C@H]1CN(Cc3ccccc3)CCO1)c1ccccc1-2. The molecular formula is C24H22ClNOS. The molecule has 2 atom stereocenters. The first-order valence-electron chi connectivity index (χ1n) is 9.72. The lowest BCUT2D eigenvalue weighted by atomic mass is 9.94. The summed E-state index contributed by atoms with van der Waals surface area (Å²) in [5.41, 5.74) is 5.23. The van der Waals surface area contributed by atoms with E-state index < -0.39 is 0 Å². The van der Waals surface area contributed by atoms with Crippen molar-refractivity contribution in [1.82, 2.24) is 4.90 Å². The summed E-state index contributed by atoms with van der Waals surface area (Å²) in [7, 11) is 0. The first-order chi connectivity index (χ1) is 13.8. The maximum atomic E-state index is 6.58. The Labute approximate surface area is 175 Å². The number of thioether (sulfide) groups is 1. The molecule has 0 radical (unpaired) electrons. The molecule has 3 aromatic carbocycles. The first-order valence-corrected chi connectivity index (χ1v) is 11.0. The molecule has 2 heterocycles. The summed E-state index contributed by atoms with van der Waals surface area (Å²) < 4.78 is 6.29. The van der Waals surface area contributed by atoms with E-state index >= 15 is 0 Å². The molecule has 1 saturated heterocycles. The van der Waals surface area contributed by atoms with E-state index in [1.54, 1.807) is 0 Å². The van der Waals surface area contributed by atoms with Crippen LogP contribution in [0.15, 0.2) is 77.7 Å². The maximum Gasteiger partial charge on any atom is 0.0865 e. The normalized spacial score (nSPS) is 21.8. The number of ether oxygens (including phenoxy) is 1. The third kappa shape index (κ3) is 3.48. The molecule has 2 aliphatic heterocycles. The van der Waals surface area contributed by atoms with Crippen molar-refractivity contribution in [2.75, 3.05) is 19.7 Å². The molecule has 0 aliphatic carbocycles. The van der Waals surface area contributed by atoms with Gasteiger partial charge in [-0.1, -0.05) is 78.3 Å². The Morgan fingerprint density at radius 3 is 2.61 bits per heavy atom. The van der Waals surface area contributed by atoms with Crippen LogP contribution in [-0.2, 0) is 11.3 Å². The van der Waals surface area contributed by atoms with Crippen LogP contribution in [0.25, 0.3) is 11.1 Å². The predicted molar refractivity (Wildman–Crippen MR) is 117 cm³/mol. The second-order valence-corrected chi connectivity index (χ2v) is 8.93. The van der Waals surface area contributed by atoms with Crippen molar-refractivity contribution in [1.29, 1.82) is 0 Å². The molecule has 0 spiro atoms. The van der Waals surface area contributed by atoms with Gasteiger partial charge in [-0.05, 0) is 28.3 Å².